The van der Waals surface area contributed by atoms with E-state index in [1.54, 1.807) is 0 Å². The Morgan fingerprint density at radius 2 is 2.14 bits per heavy atom. The minimum absolute atomic E-state index is 0.360. The van der Waals surface area contributed by atoms with Crippen molar-refractivity contribution in [2.24, 2.45) is 0 Å². The Hall–Kier alpha value is -1.86. The van der Waals surface area contributed by atoms with E-state index in [-0.39, 0.29) is 0 Å². The highest BCUT2D eigenvalue weighted by atomic mass is 16.4. The van der Waals surface area contributed by atoms with Crippen LogP contribution in [0.1, 0.15) is 31.5 Å². The lowest BCUT2D eigenvalue weighted by molar-refractivity contribution is -0.142. The molecule has 1 atom stereocenters. The molecular weight excluding hydrogens is 276 g/mol. The molecule has 7 heteroatoms. The second kappa shape index (κ2) is 7.80. The van der Waals surface area contributed by atoms with Crippen LogP contribution in [0.5, 0.6) is 5.75 Å². The number of aromatic nitrogens is 1. The molecule has 0 saturated carbocycles. The summed E-state index contributed by atoms with van der Waals surface area (Å²) in [6.07, 6.45) is 3.09. The summed E-state index contributed by atoms with van der Waals surface area (Å²) >= 11 is 0. The van der Waals surface area contributed by atoms with Gasteiger partial charge >= 0.3 is 5.97 Å². The van der Waals surface area contributed by atoms with E-state index in [1.807, 2.05) is 11.9 Å². The van der Waals surface area contributed by atoms with Crippen LogP contribution in [0, 0.1) is 0 Å². The number of aliphatic carboxylic acids is 1. The summed E-state index contributed by atoms with van der Waals surface area (Å²) in [6, 6.07) is -0.0188. The van der Waals surface area contributed by atoms with E-state index in [2.05, 4.69) is 6.92 Å². The Balaban J connectivity index is 3.13. The Kier molecular flexibility index (Phi) is 6.39. The van der Waals surface area contributed by atoms with Crippen LogP contribution < -0.4 is 5.43 Å². The van der Waals surface area contributed by atoms with Crippen molar-refractivity contribution in [1.82, 2.24) is 9.47 Å². The number of aliphatic hydroxyl groups excluding tert-OH is 1. The maximum absolute atomic E-state index is 11.6. The van der Waals surface area contributed by atoms with E-state index >= 15 is 0 Å². The molecule has 0 spiro atoms. The number of hydrogen-bond donors (Lipinski definition) is 3. The molecule has 0 aliphatic rings. The number of nitrogens with zero attached hydrogens (tertiary/aromatic N) is 2. The zero-order chi connectivity index (χ0) is 16.0. The first-order chi connectivity index (χ1) is 9.90. The summed E-state index contributed by atoms with van der Waals surface area (Å²) < 4.78 is 1.24. The molecule has 0 amide bonds. The van der Waals surface area contributed by atoms with Crippen molar-refractivity contribution in [3.63, 3.8) is 0 Å². The molecule has 0 aliphatic heterocycles. The number of aliphatic hydroxyl groups is 1. The van der Waals surface area contributed by atoms with Crippen molar-refractivity contribution in [3.8, 4) is 5.75 Å². The molecule has 0 bridgehead atoms. The number of hydrogen-bond acceptors (Lipinski definition) is 5. The van der Waals surface area contributed by atoms with Gasteiger partial charge in [0.05, 0.1) is 12.8 Å². The first-order valence-electron chi connectivity index (χ1n) is 6.86. The molecule has 0 radical (unpaired) electrons. The fraction of sp³-hybridized carbons (Fsp3) is 0.571. The average Bonchev–Trinajstić information content (AvgIpc) is 2.42. The molecule has 3 N–H and O–H groups in total. The van der Waals surface area contributed by atoms with Crippen LogP contribution in [0.4, 0.5) is 0 Å². The van der Waals surface area contributed by atoms with Gasteiger partial charge in [0.15, 0.2) is 11.8 Å². The van der Waals surface area contributed by atoms with Crippen molar-refractivity contribution in [2.45, 2.75) is 32.4 Å². The van der Waals surface area contributed by atoms with E-state index < -0.39 is 29.8 Å². The third kappa shape index (κ3) is 4.57. The monoisotopic (exact) mass is 298 g/mol. The molecular formula is C14H22N2O5. The summed E-state index contributed by atoms with van der Waals surface area (Å²) in [6.45, 7) is 2.61. The predicted molar refractivity (Wildman–Crippen MR) is 77.4 cm³/mol. The van der Waals surface area contributed by atoms with Gasteiger partial charge in [-0.3, -0.25) is 4.79 Å². The highest BCUT2D eigenvalue weighted by Crippen LogP contribution is 2.15. The number of aromatic hydroxyl groups is 1. The molecule has 7 nitrogen and oxygen atoms in total. The van der Waals surface area contributed by atoms with Gasteiger partial charge in [0.25, 0.3) is 0 Å². The lowest BCUT2D eigenvalue weighted by Crippen LogP contribution is -2.29. The maximum atomic E-state index is 11.6. The van der Waals surface area contributed by atoms with E-state index in [0.717, 1.165) is 25.6 Å². The first-order valence-corrected chi connectivity index (χ1v) is 6.86. The zero-order valence-corrected chi connectivity index (χ0v) is 12.3. The number of carbonyl (C=O) groups is 1. The first kappa shape index (κ1) is 17.2. The van der Waals surface area contributed by atoms with Gasteiger partial charge in [-0.25, -0.2) is 4.79 Å². The third-order valence-electron chi connectivity index (χ3n) is 3.26. The van der Waals surface area contributed by atoms with Crippen LogP contribution in [0.25, 0.3) is 0 Å². The molecule has 1 rings (SSSR count). The van der Waals surface area contributed by atoms with E-state index in [1.165, 1.54) is 10.6 Å². The highest BCUT2D eigenvalue weighted by Gasteiger charge is 2.21. The quantitative estimate of drug-likeness (QED) is 0.642. The van der Waals surface area contributed by atoms with Gasteiger partial charge in [-0.1, -0.05) is 13.3 Å². The van der Waals surface area contributed by atoms with Crippen molar-refractivity contribution in [1.29, 1.82) is 0 Å². The number of carboxylic acid groups (broad SMARTS) is 1. The minimum atomic E-state index is -1.23. The SMILES string of the molecule is CCCCN(C)Cc1cc(=O)c(O)cn1C(CO)C(=O)O. The second-order valence-corrected chi connectivity index (χ2v) is 5.05. The molecule has 118 valence electrons. The molecule has 0 fully saturated rings. The van der Waals surface area contributed by atoms with Gasteiger partial charge in [0, 0.05) is 18.3 Å². The number of pyridine rings is 1. The van der Waals surface area contributed by atoms with Crippen LogP contribution in [0.2, 0.25) is 0 Å². The van der Waals surface area contributed by atoms with Gasteiger partial charge in [0.2, 0.25) is 5.43 Å². The van der Waals surface area contributed by atoms with Gasteiger partial charge in [0.1, 0.15) is 0 Å². The molecule has 1 heterocycles. The molecule has 1 aromatic rings. The van der Waals surface area contributed by atoms with Crippen molar-refractivity contribution in [3.05, 3.63) is 28.2 Å². The fourth-order valence-corrected chi connectivity index (χ4v) is 2.06. The highest BCUT2D eigenvalue weighted by molar-refractivity contribution is 5.72. The normalized spacial score (nSPS) is 12.6. The number of carboxylic acids is 1. The Morgan fingerprint density at radius 1 is 1.48 bits per heavy atom. The lowest BCUT2D eigenvalue weighted by atomic mass is 10.2. The molecule has 0 aliphatic carbocycles. The molecule has 1 unspecified atom stereocenters. The van der Waals surface area contributed by atoms with Crippen LogP contribution >= 0.6 is 0 Å². The maximum Gasteiger partial charge on any atom is 0.329 e. The average molecular weight is 298 g/mol. The molecule has 0 aromatic carbocycles. The van der Waals surface area contributed by atoms with Crippen LogP contribution in [-0.4, -0.2) is 51.0 Å². The van der Waals surface area contributed by atoms with E-state index in [4.69, 9.17) is 5.11 Å². The predicted octanol–water partition coefficient (Wildman–Crippen LogP) is 0.404. The summed E-state index contributed by atoms with van der Waals surface area (Å²) in [5.41, 5.74) is -0.120. The second-order valence-electron chi connectivity index (χ2n) is 5.05. The standard InChI is InChI=1S/C14H22N2O5/c1-3-4-5-15(2)7-10-6-12(18)13(19)8-16(10)11(9-17)14(20)21/h6,8,11,17,19H,3-5,7,9H2,1-2H3,(H,20,21). The van der Waals surface area contributed by atoms with Crippen LogP contribution in [0.3, 0.4) is 0 Å². The summed E-state index contributed by atoms with van der Waals surface area (Å²) in [4.78, 5) is 24.7. The lowest BCUT2D eigenvalue weighted by Gasteiger charge is -2.23. The van der Waals surface area contributed by atoms with Crippen molar-refractivity contribution < 1.29 is 20.1 Å². The summed E-state index contributed by atoms with van der Waals surface area (Å²) in [5.74, 6) is -1.76. The smallest absolute Gasteiger partial charge is 0.329 e. The number of rotatable bonds is 8. The van der Waals surface area contributed by atoms with Crippen molar-refractivity contribution >= 4 is 5.97 Å². The topological polar surface area (TPSA) is 103 Å². The van der Waals surface area contributed by atoms with Crippen LogP contribution in [-0.2, 0) is 11.3 Å². The largest absolute Gasteiger partial charge is 0.503 e. The molecule has 21 heavy (non-hydrogen) atoms. The Bertz CT molecular complexity index is 541. The van der Waals surface area contributed by atoms with Gasteiger partial charge in [-0.15, -0.1) is 0 Å². The summed E-state index contributed by atoms with van der Waals surface area (Å²) in [7, 11) is 1.87. The van der Waals surface area contributed by atoms with Gasteiger partial charge in [-0.2, -0.15) is 0 Å². The number of unbranched alkanes of at least 4 members (excludes halogenated alkanes) is 1. The minimum Gasteiger partial charge on any atom is -0.503 e. The molecule has 0 saturated heterocycles. The zero-order valence-electron chi connectivity index (χ0n) is 12.3. The fourth-order valence-electron chi connectivity index (χ4n) is 2.06. The van der Waals surface area contributed by atoms with Crippen LogP contribution in [0.15, 0.2) is 17.1 Å². The van der Waals surface area contributed by atoms with Gasteiger partial charge in [-0.05, 0) is 20.0 Å². The summed E-state index contributed by atoms with van der Waals surface area (Å²) in [5, 5.41) is 27.9. The Labute approximate surface area is 123 Å². The van der Waals surface area contributed by atoms with E-state index in [0.29, 0.717) is 12.2 Å². The van der Waals surface area contributed by atoms with Crippen molar-refractivity contribution in [2.75, 3.05) is 20.2 Å². The molecule has 1 aromatic heterocycles. The third-order valence-corrected chi connectivity index (χ3v) is 3.26. The van der Waals surface area contributed by atoms with E-state index in [9.17, 15) is 19.8 Å². The Morgan fingerprint density at radius 3 is 2.67 bits per heavy atom. The van der Waals surface area contributed by atoms with Gasteiger partial charge < -0.3 is 24.8 Å².